The van der Waals surface area contributed by atoms with Gasteiger partial charge < -0.3 is 5.73 Å². The van der Waals surface area contributed by atoms with Crippen molar-refractivity contribution >= 4 is 15.7 Å². The predicted octanol–water partition coefficient (Wildman–Crippen LogP) is 1.59. The third-order valence-electron chi connectivity index (χ3n) is 2.75. The van der Waals surface area contributed by atoms with E-state index in [0.717, 1.165) is 11.6 Å². The Bertz CT molecular complexity index is 718. The van der Waals surface area contributed by atoms with Crippen LogP contribution in [0.4, 0.5) is 10.1 Å². The minimum absolute atomic E-state index is 0.0537. The maximum atomic E-state index is 13.9. The van der Waals surface area contributed by atoms with Gasteiger partial charge in [-0.3, -0.25) is 4.98 Å². The quantitative estimate of drug-likeness (QED) is 0.839. The fourth-order valence-electron chi connectivity index (χ4n) is 1.72. The summed E-state index contributed by atoms with van der Waals surface area (Å²) >= 11 is 0. The largest absolute Gasteiger partial charge is 0.399 e. The number of nitrogens with two attached hydrogens (primary N) is 1. The maximum absolute atomic E-state index is 13.9. The lowest BCUT2D eigenvalue weighted by atomic mass is 10.2. The fraction of sp³-hybridized carbons (Fsp3) is 0.154. The number of aryl methyl sites for hydroxylation is 1. The molecule has 2 aromatic rings. The Hall–Kier alpha value is -1.99. The van der Waals surface area contributed by atoms with Gasteiger partial charge in [0, 0.05) is 24.6 Å². The molecule has 0 radical (unpaired) electrons. The third kappa shape index (κ3) is 3.12. The lowest BCUT2D eigenvalue weighted by Crippen LogP contribution is -2.24. The van der Waals surface area contributed by atoms with Gasteiger partial charge in [0.15, 0.2) is 0 Å². The number of pyridine rings is 1. The number of nitrogens with one attached hydrogen (secondary N) is 1. The van der Waals surface area contributed by atoms with Gasteiger partial charge in [0.05, 0.1) is 0 Å². The number of nitrogens with zero attached hydrogens (tertiary/aromatic N) is 1. The van der Waals surface area contributed by atoms with Crippen LogP contribution in [0.15, 0.2) is 41.6 Å². The summed E-state index contributed by atoms with van der Waals surface area (Å²) in [6.45, 7) is 1.52. The molecule has 0 unspecified atom stereocenters. The van der Waals surface area contributed by atoms with E-state index in [9.17, 15) is 12.8 Å². The summed E-state index contributed by atoms with van der Waals surface area (Å²) < 4.78 is 40.5. The molecule has 0 saturated carbocycles. The fourth-order valence-corrected chi connectivity index (χ4v) is 2.92. The average molecular weight is 295 g/mol. The number of rotatable bonds is 4. The molecule has 0 fully saturated rings. The van der Waals surface area contributed by atoms with Gasteiger partial charge in [0.2, 0.25) is 10.0 Å². The van der Waals surface area contributed by atoms with Gasteiger partial charge in [-0.2, -0.15) is 0 Å². The van der Waals surface area contributed by atoms with E-state index in [2.05, 4.69) is 9.71 Å². The van der Waals surface area contributed by atoms with Crippen LogP contribution in [0.2, 0.25) is 0 Å². The first-order valence-electron chi connectivity index (χ1n) is 5.84. The number of aromatic nitrogens is 1. The molecule has 20 heavy (non-hydrogen) atoms. The first-order valence-corrected chi connectivity index (χ1v) is 7.32. The van der Waals surface area contributed by atoms with E-state index in [1.54, 1.807) is 24.5 Å². The zero-order valence-corrected chi connectivity index (χ0v) is 11.6. The monoisotopic (exact) mass is 295 g/mol. The Morgan fingerprint density at radius 3 is 2.60 bits per heavy atom. The number of anilines is 1. The van der Waals surface area contributed by atoms with E-state index in [0.29, 0.717) is 0 Å². The highest BCUT2D eigenvalue weighted by atomic mass is 32.2. The van der Waals surface area contributed by atoms with Crippen molar-refractivity contribution < 1.29 is 12.8 Å². The van der Waals surface area contributed by atoms with Crippen LogP contribution in [-0.4, -0.2) is 13.4 Å². The molecular weight excluding hydrogens is 281 g/mol. The lowest BCUT2D eigenvalue weighted by molar-refractivity contribution is 0.553. The molecule has 0 atom stereocenters. The van der Waals surface area contributed by atoms with Crippen LogP contribution in [0.25, 0.3) is 0 Å². The van der Waals surface area contributed by atoms with Crippen molar-refractivity contribution in [1.82, 2.24) is 9.71 Å². The number of benzene rings is 1. The summed E-state index contributed by atoms with van der Waals surface area (Å²) in [5, 5.41) is 0. The van der Waals surface area contributed by atoms with Crippen LogP contribution in [0.3, 0.4) is 0 Å². The first-order chi connectivity index (χ1) is 9.40. The summed E-state index contributed by atoms with van der Waals surface area (Å²) in [7, 11) is -3.96. The summed E-state index contributed by atoms with van der Waals surface area (Å²) in [6.07, 6.45) is 3.10. The van der Waals surface area contributed by atoms with Crippen molar-refractivity contribution in [3.05, 3.63) is 53.6 Å². The second-order valence-corrected chi connectivity index (χ2v) is 6.07. The number of nitrogen functional groups attached to an aromatic ring is 1. The topological polar surface area (TPSA) is 85.1 Å². The Morgan fingerprint density at radius 1 is 1.30 bits per heavy atom. The van der Waals surface area contributed by atoms with Gasteiger partial charge in [0.25, 0.3) is 0 Å². The van der Waals surface area contributed by atoms with Crippen molar-refractivity contribution in [2.45, 2.75) is 18.4 Å². The second kappa shape index (κ2) is 5.56. The summed E-state index contributed by atoms with van der Waals surface area (Å²) in [6, 6.07) is 5.83. The van der Waals surface area contributed by atoms with E-state index in [4.69, 9.17) is 5.73 Å². The standard InChI is InChI=1S/C13H14FN3O2S/c1-9-6-11(15)7-12(13(9)14)20(18,19)17-8-10-2-4-16-5-3-10/h2-7,17H,8,15H2,1H3. The number of hydrogen-bond acceptors (Lipinski definition) is 4. The van der Waals surface area contributed by atoms with E-state index in [1.165, 1.54) is 13.0 Å². The summed E-state index contributed by atoms with van der Waals surface area (Å²) in [5.74, 6) is -0.790. The highest BCUT2D eigenvalue weighted by Gasteiger charge is 2.20. The minimum atomic E-state index is -3.96. The molecule has 5 nitrogen and oxygen atoms in total. The summed E-state index contributed by atoms with van der Waals surface area (Å²) in [5.41, 5.74) is 6.68. The number of halogens is 1. The molecule has 0 bridgehead atoms. The molecule has 1 aromatic heterocycles. The van der Waals surface area contributed by atoms with Crippen molar-refractivity contribution in [1.29, 1.82) is 0 Å². The molecule has 0 saturated heterocycles. The van der Waals surface area contributed by atoms with E-state index in [-0.39, 0.29) is 17.8 Å². The zero-order valence-electron chi connectivity index (χ0n) is 10.8. The van der Waals surface area contributed by atoms with Crippen molar-refractivity contribution in [3.63, 3.8) is 0 Å². The molecule has 0 aliphatic rings. The normalized spacial score (nSPS) is 11.5. The predicted molar refractivity (Wildman–Crippen MR) is 73.8 cm³/mol. The van der Waals surface area contributed by atoms with Crippen LogP contribution in [0.5, 0.6) is 0 Å². The highest BCUT2D eigenvalue weighted by Crippen LogP contribution is 2.21. The van der Waals surface area contributed by atoms with E-state index in [1.807, 2.05) is 0 Å². The van der Waals surface area contributed by atoms with Gasteiger partial charge in [-0.05, 0) is 42.3 Å². The SMILES string of the molecule is Cc1cc(N)cc(S(=O)(=O)NCc2ccncc2)c1F. The van der Waals surface area contributed by atoms with Gasteiger partial charge in [-0.1, -0.05) is 0 Å². The van der Waals surface area contributed by atoms with Crippen LogP contribution < -0.4 is 10.5 Å². The molecule has 0 aliphatic carbocycles. The first kappa shape index (κ1) is 14.4. The smallest absolute Gasteiger partial charge is 0.243 e. The molecule has 0 aliphatic heterocycles. The minimum Gasteiger partial charge on any atom is -0.399 e. The maximum Gasteiger partial charge on any atom is 0.243 e. The lowest BCUT2D eigenvalue weighted by Gasteiger charge is -2.10. The van der Waals surface area contributed by atoms with Gasteiger partial charge >= 0.3 is 0 Å². The van der Waals surface area contributed by atoms with E-state index < -0.39 is 20.7 Å². The number of hydrogen-bond donors (Lipinski definition) is 2. The highest BCUT2D eigenvalue weighted by molar-refractivity contribution is 7.89. The second-order valence-electron chi connectivity index (χ2n) is 4.33. The number of sulfonamides is 1. The third-order valence-corrected chi connectivity index (χ3v) is 4.15. The molecule has 0 amide bonds. The van der Waals surface area contributed by atoms with Crippen LogP contribution in [0.1, 0.15) is 11.1 Å². The molecule has 1 heterocycles. The van der Waals surface area contributed by atoms with Crippen LogP contribution in [-0.2, 0) is 16.6 Å². The van der Waals surface area contributed by atoms with Crippen molar-refractivity contribution in [3.8, 4) is 0 Å². The average Bonchev–Trinajstić information content (AvgIpc) is 2.42. The molecular formula is C13H14FN3O2S. The van der Waals surface area contributed by atoms with Gasteiger partial charge in [-0.15, -0.1) is 0 Å². The van der Waals surface area contributed by atoms with E-state index >= 15 is 0 Å². The van der Waals surface area contributed by atoms with Crippen LogP contribution >= 0.6 is 0 Å². The summed E-state index contributed by atoms with van der Waals surface area (Å²) in [4.78, 5) is 3.39. The Labute approximate surface area is 116 Å². The molecule has 2 rings (SSSR count). The van der Waals surface area contributed by atoms with Gasteiger partial charge in [-0.25, -0.2) is 17.5 Å². The molecule has 0 spiro atoms. The Kier molecular flexibility index (Phi) is 4.01. The van der Waals surface area contributed by atoms with Crippen molar-refractivity contribution in [2.24, 2.45) is 0 Å². The van der Waals surface area contributed by atoms with Crippen molar-refractivity contribution in [2.75, 3.05) is 5.73 Å². The molecule has 7 heteroatoms. The Morgan fingerprint density at radius 2 is 1.95 bits per heavy atom. The Balaban J connectivity index is 2.27. The molecule has 1 aromatic carbocycles. The molecule has 106 valence electrons. The molecule has 3 N–H and O–H groups in total. The van der Waals surface area contributed by atoms with Gasteiger partial charge in [0.1, 0.15) is 10.7 Å². The zero-order chi connectivity index (χ0) is 14.8. The van der Waals surface area contributed by atoms with Crippen LogP contribution in [0, 0.1) is 12.7 Å².